The molecule has 210 valence electrons. The Kier molecular flexibility index (Phi) is 11.8. The second-order valence-corrected chi connectivity index (χ2v) is 13.1. The number of likely N-dealkylation sites (tertiary alicyclic amines) is 1. The molecule has 2 unspecified atom stereocenters. The number of hydrogen-bond acceptors (Lipinski definition) is 6. The molecule has 1 fully saturated rings. The molecule has 3 atom stereocenters. The van der Waals surface area contributed by atoms with Gasteiger partial charge in [-0.15, -0.1) is 11.8 Å². The maximum Gasteiger partial charge on any atom is 0.326 e. The van der Waals surface area contributed by atoms with Crippen molar-refractivity contribution in [2.24, 2.45) is 5.92 Å². The van der Waals surface area contributed by atoms with Gasteiger partial charge in [-0.3, -0.25) is 24.1 Å². The van der Waals surface area contributed by atoms with Gasteiger partial charge in [0.25, 0.3) is 0 Å². The lowest BCUT2D eigenvalue weighted by molar-refractivity contribution is -0.142. The summed E-state index contributed by atoms with van der Waals surface area (Å²) < 4.78 is -0.249. The van der Waals surface area contributed by atoms with Crippen LogP contribution in [0, 0.1) is 5.92 Å². The number of aliphatic carboxylic acids is 1. The van der Waals surface area contributed by atoms with Gasteiger partial charge in [-0.2, -0.15) is 0 Å². The van der Waals surface area contributed by atoms with Crippen LogP contribution in [0.3, 0.4) is 0 Å². The first-order valence-corrected chi connectivity index (χ1v) is 14.0. The zero-order valence-electron chi connectivity index (χ0n) is 23.0. The minimum atomic E-state index is -1.15. The van der Waals surface area contributed by atoms with Gasteiger partial charge in [-0.1, -0.05) is 65.0 Å². The number of thioether (sulfide) groups is 1. The number of nitrogens with one attached hydrogen (secondary N) is 2. The van der Waals surface area contributed by atoms with Crippen molar-refractivity contribution in [2.75, 3.05) is 6.54 Å². The largest absolute Gasteiger partial charge is 0.480 e. The average molecular weight is 548 g/mol. The smallest absolute Gasteiger partial charge is 0.326 e. The van der Waals surface area contributed by atoms with E-state index in [9.17, 15) is 29.1 Å². The molecular formula is C28H41N3O6S. The first kappa shape index (κ1) is 31.3. The standard InChI is InChI=1S/C28H41N3O6S/c1-18(2)16-20(25(34)30-21(27(36)37)17-19-10-7-6-8-11-19)29-26(35)22(38-28(3,4)5)12-9-15-31-23(32)13-14-24(31)33/h6-8,10-11,18,20-22H,9,12-17H2,1-5H3,(H,29,35)(H,30,34)(H,36,37)/t20?,21-,22?/m0/s1. The predicted molar refractivity (Wildman–Crippen MR) is 147 cm³/mol. The highest BCUT2D eigenvalue weighted by atomic mass is 32.2. The van der Waals surface area contributed by atoms with Gasteiger partial charge in [-0.05, 0) is 30.7 Å². The monoisotopic (exact) mass is 547 g/mol. The summed E-state index contributed by atoms with van der Waals surface area (Å²) in [5, 5.41) is 14.7. The molecular weight excluding hydrogens is 506 g/mol. The number of benzene rings is 1. The predicted octanol–water partition coefficient (Wildman–Crippen LogP) is 3.16. The lowest BCUT2D eigenvalue weighted by Crippen LogP contribution is -2.54. The minimum Gasteiger partial charge on any atom is -0.480 e. The van der Waals surface area contributed by atoms with Crippen LogP contribution in [0.2, 0.25) is 0 Å². The molecule has 0 saturated carbocycles. The van der Waals surface area contributed by atoms with Crippen molar-refractivity contribution in [3.63, 3.8) is 0 Å². The summed E-state index contributed by atoms with van der Waals surface area (Å²) >= 11 is 1.46. The Morgan fingerprint density at radius 2 is 1.55 bits per heavy atom. The number of nitrogens with zero attached hydrogens (tertiary/aromatic N) is 1. The zero-order chi connectivity index (χ0) is 28.5. The van der Waals surface area contributed by atoms with E-state index in [4.69, 9.17) is 0 Å². The number of hydrogen-bond donors (Lipinski definition) is 3. The molecule has 1 aliphatic heterocycles. The van der Waals surface area contributed by atoms with Gasteiger partial charge in [0.05, 0.1) is 5.25 Å². The number of rotatable bonds is 14. The first-order valence-electron chi connectivity index (χ1n) is 13.1. The zero-order valence-corrected chi connectivity index (χ0v) is 23.8. The quantitative estimate of drug-likeness (QED) is 0.305. The fraction of sp³-hybridized carbons (Fsp3) is 0.607. The SMILES string of the molecule is CC(C)CC(NC(=O)C(CCCN1C(=O)CCC1=O)SC(C)(C)C)C(=O)N[C@@H](Cc1ccccc1)C(=O)O. The Balaban J connectivity index is 2.10. The molecule has 1 aliphatic rings. The molecule has 4 amide bonds. The second-order valence-electron chi connectivity index (χ2n) is 11.1. The fourth-order valence-corrected chi connectivity index (χ4v) is 5.58. The van der Waals surface area contributed by atoms with Gasteiger partial charge in [0.15, 0.2) is 0 Å². The molecule has 0 aliphatic carbocycles. The van der Waals surface area contributed by atoms with Crippen LogP contribution in [0.5, 0.6) is 0 Å². The minimum absolute atomic E-state index is 0.0735. The third-order valence-electron chi connectivity index (χ3n) is 6.03. The van der Waals surface area contributed by atoms with Crippen molar-refractivity contribution in [2.45, 2.75) is 95.2 Å². The molecule has 0 spiro atoms. The highest BCUT2D eigenvalue weighted by Gasteiger charge is 2.33. The molecule has 0 aromatic heterocycles. The maximum atomic E-state index is 13.4. The van der Waals surface area contributed by atoms with Gasteiger partial charge in [0.2, 0.25) is 23.6 Å². The Hall–Kier alpha value is -2.88. The molecule has 1 aromatic rings. The Morgan fingerprint density at radius 3 is 2.08 bits per heavy atom. The Morgan fingerprint density at radius 1 is 0.974 bits per heavy atom. The molecule has 0 bridgehead atoms. The molecule has 9 nitrogen and oxygen atoms in total. The lowest BCUT2D eigenvalue weighted by Gasteiger charge is -2.28. The summed E-state index contributed by atoms with van der Waals surface area (Å²) in [5.41, 5.74) is 0.779. The topological polar surface area (TPSA) is 133 Å². The van der Waals surface area contributed by atoms with Crippen molar-refractivity contribution >= 4 is 41.4 Å². The van der Waals surface area contributed by atoms with Crippen LogP contribution in [0.25, 0.3) is 0 Å². The fourth-order valence-electron chi connectivity index (χ4n) is 4.27. The van der Waals surface area contributed by atoms with Crippen molar-refractivity contribution in [3.05, 3.63) is 35.9 Å². The van der Waals surface area contributed by atoms with E-state index in [2.05, 4.69) is 10.6 Å². The average Bonchev–Trinajstić information content (AvgIpc) is 3.14. The molecule has 1 heterocycles. The normalized spacial score (nSPS) is 16.3. The first-order chi connectivity index (χ1) is 17.8. The van der Waals surface area contributed by atoms with Crippen molar-refractivity contribution < 1.29 is 29.1 Å². The van der Waals surface area contributed by atoms with E-state index in [-0.39, 0.29) is 54.2 Å². The number of carbonyl (C=O) groups excluding carboxylic acids is 4. The van der Waals surface area contributed by atoms with Crippen LogP contribution in [0.4, 0.5) is 0 Å². The van der Waals surface area contributed by atoms with Gasteiger partial charge in [0, 0.05) is 30.6 Å². The van der Waals surface area contributed by atoms with Crippen molar-refractivity contribution in [1.29, 1.82) is 0 Å². The molecule has 3 N–H and O–H groups in total. The van der Waals surface area contributed by atoms with Crippen LogP contribution < -0.4 is 10.6 Å². The number of carboxylic acid groups (broad SMARTS) is 1. The van der Waals surface area contributed by atoms with E-state index in [1.165, 1.54) is 16.7 Å². The third kappa shape index (κ3) is 10.5. The van der Waals surface area contributed by atoms with Crippen LogP contribution in [-0.4, -0.2) is 68.2 Å². The van der Waals surface area contributed by atoms with E-state index in [0.29, 0.717) is 19.3 Å². The molecule has 38 heavy (non-hydrogen) atoms. The van der Waals surface area contributed by atoms with Crippen LogP contribution in [0.15, 0.2) is 30.3 Å². The van der Waals surface area contributed by atoms with E-state index < -0.39 is 29.2 Å². The summed E-state index contributed by atoms with van der Waals surface area (Å²) in [5.74, 6) is -2.30. The van der Waals surface area contributed by atoms with E-state index in [1.807, 2.05) is 40.7 Å². The number of amides is 4. The van der Waals surface area contributed by atoms with Gasteiger partial charge >= 0.3 is 5.97 Å². The Bertz CT molecular complexity index is 976. The summed E-state index contributed by atoms with van der Waals surface area (Å²) in [6.45, 7) is 10.1. The molecule has 1 aromatic carbocycles. The number of imide groups is 1. The lowest BCUT2D eigenvalue weighted by atomic mass is 10.0. The number of carbonyl (C=O) groups is 5. The summed E-state index contributed by atoms with van der Waals surface area (Å²) in [7, 11) is 0. The van der Waals surface area contributed by atoms with Crippen LogP contribution in [0.1, 0.15) is 72.3 Å². The number of carboxylic acids is 1. The Labute approximate surface area is 229 Å². The van der Waals surface area contributed by atoms with Crippen LogP contribution >= 0.6 is 11.8 Å². The highest BCUT2D eigenvalue weighted by molar-refractivity contribution is 8.01. The van der Waals surface area contributed by atoms with Crippen molar-refractivity contribution in [1.82, 2.24) is 15.5 Å². The van der Waals surface area contributed by atoms with E-state index in [0.717, 1.165) is 5.56 Å². The highest BCUT2D eigenvalue weighted by Crippen LogP contribution is 2.31. The van der Waals surface area contributed by atoms with Crippen LogP contribution in [-0.2, 0) is 30.4 Å². The molecule has 2 rings (SSSR count). The molecule has 1 saturated heterocycles. The van der Waals surface area contributed by atoms with Gasteiger partial charge < -0.3 is 15.7 Å². The van der Waals surface area contributed by atoms with Gasteiger partial charge in [0.1, 0.15) is 12.1 Å². The summed E-state index contributed by atoms with van der Waals surface area (Å²) in [6.07, 6.45) is 1.82. The maximum absolute atomic E-state index is 13.4. The van der Waals surface area contributed by atoms with Crippen molar-refractivity contribution in [3.8, 4) is 0 Å². The summed E-state index contributed by atoms with van der Waals surface area (Å²) in [6, 6.07) is 7.01. The van der Waals surface area contributed by atoms with Gasteiger partial charge in [-0.25, -0.2) is 4.79 Å². The summed E-state index contributed by atoms with van der Waals surface area (Å²) in [4.78, 5) is 63.6. The molecule has 10 heteroatoms. The molecule has 0 radical (unpaired) electrons. The second kappa shape index (κ2) is 14.3. The van der Waals surface area contributed by atoms with E-state index in [1.54, 1.807) is 24.3 Å². The van der Waals surface area contributed by atoms with E-state index >= 15 is 0 Å². The third-order valence-corrected chi connectivity index (χ3v) is 7.47.